The van der Waals surface area contributed by atoms with Gasteiger partial charge in [-0.3, -0.25) is 0 Å². The lowest BCUT2D eigenvalue weighted by Crippen LogP contribution is -2.65. The van der Waals surface area contributed by atoms with Crippen molar-refractivity contribution in [2.24, 2.45) is 22.7 Å². The van der Waals surface area contributed by atoms with Gasteiger partial charge in [-0.2, -0.15) is 0 Å². The molecule has 6 atom stereocenters. The summed E-state index contributed by atoms with van der Waals surface area (Å²) in [5, 5.41) is 21.8. The summed E-state index contributed by atoms with van der Waals surface area (Å²) in [5.41, 5.74) is -0.189. The molecule has 2 aliphatic rings. The molecule has 4 heteroatoms. The second kappa shape index (κ2) is 6.97. The molecule has 0 aromatic heterocycles. The highest BCUT2D eigenvalue weighted by Gasteiger charge is 2.62. The van der Waals surface area contributed by atoms with E-state index in [1.165, 1.54) is 0 Å². The van der Waals surface area contributed by atoms with Crippen LogP contribution in [0.25, 0.3) is 0 Å². The number of ether oxygens (including phenoxy) is 2. The number of hydrogen-bond donors (Lipinski definition) is 2. The molecule has 1 aromatic carbocycles. The number of benzene rings is 1. The molecule has 0 bridgehead atoms. The first-order valence-electron chi connectivity index (χ1n) is 10.2. The van der Waals surface area contributed by atoms with Crippen LogP contribution in [0.5, 0.6) is 11.5 Å². The Morgan fingerprint density at radius 1 is 1.07 bits per heavy atom. The summed E-state index contributed by atoms with van der Waals surface area (Å²) in [5.74, 6) is 2.59. The number of aliphatic hydroxyl groups excluding tert-OH is 1. The van der Waals surface area contributed by atoms with Gasteiger partial charge >= 0.3 is 0 Å². The fourth-order valence-electron chi connectivity index (χ4n) is 6.06. The van der Waals surface area contributed by atoms with Crippen molar-refractivity contribution in [2.45, 2.75) is 71.5 Å². The standard InChI is InChI=1S/C23H36O4/c1-15-11-12-22(3)19(9-10-20(24)23(22,4)25)21(15,2)14-16-13-17(26-5)7-8-18(16)27-6/h7-8,13,15,19-20,24-25H,9-12,14H2,1-6H3. The maximum Gasteiger partial charge on any atom is 0.122 e. The Morgan fingerprint density at radius 3 is 2.41 bits per heavy atom. The van der Waals surface area contributed by atoms with Crippen LogP contribution in [0.2, 0.25) is 0 Å². The number of fused-ring (bicyclic) bond motifs is 1. The summed E-state index contributed by atoms with van der Waals surface area (Å²) in [4.78, 5) is 0. The van der Waals surface area contributed by atoms with Crippen molar-refractivity contribution >= 4 is 0 Å². The molecule has 2 N–H and O–H groups in total. The van der Waals surface area contributed by atoms with Gasteiger partial charge in [-0.15, -0.1) is 0 Å². The summed E-state index contributed by atoms with van der Waals surface area (Å²) < 4.78 is 11.1. The van der Waals surface area contributed by atoms with Crippen LogP contribution in [-0.2, 0) is 6.42 Å². The Labute approximate surface area is 163 Å². The molecule has 2 fully saturated rings. The van der Waals surface area contributed by atoms with E-state index in [9.17, 15) is 10.2 Å². The summed E-state index contributed by atoms with van der Waals surface area (Å²) in [6.07, 6.45) is 3.84. The molecule has 2 aliphatic carbocycles. The zero-order chi connectivity index (χ0) is 20.0. The van der Waals surface area contributed by atoms with E-state index in [0.717, 1.165) is 42.7 Å². The Kier molecular flexibility index (Phi) is 5.28. The summed E-state index contributed by atoms with van der Waals surface area (Å²) in [6.45, 7) is 8.73. The van der Waals surface area contributed by atoms with Crippen molar-refractivity contribution in [1.82, 2.24) is 0 Å². The fourth-order valence-corrected chi connectivity index (χ4v) is 6.06. The topological polar surface area (TPSA) is 58.9 Å². The lowest BCUT2D eigenvalue weighted by atomic mass is 9.43. The van der Waals surface area contributed by atoms with Gasteiger partial charge in [0.05, 0.1) is 25.9 Å². The zero-order valence-corrected chi connectivity index (χ0v) is 17.7. The molecule has 1 aromatic rings. The Bertz CT molecular complexity index is 685. The molecule has 0 spiro atoms. The third-order valence-electron chi connectivity index (χ3n) is 8.38. The molecule has 152 valence electrons. The minimum atomic E-state index is -1.06. The quantitative estimate of drug-likeness (QED) is 0.826. The van der Waals surface area contributed by atoms with Crippen LogP contribution in [0.15, 0.2) is 18.2 Å². The number of aliphatic hydroxyl groups is 2. The molecular weight excluding hydrogens is 340 g/mol. The Morgan fingerprint density at radius 2 is 1.78 bits per heavy atom. The number of hydrogen-bond acceptors (Lipinski definition) is 4. The maximum absolute atomic E-state index is 11.3. The minimum absolute atomic E-state index is 0.0107. The van der Waals surface area contributed by atoms with Crippen LogP contribution in [-0.4, -0.2) is 36.1 Å². The summed E-state index contributed by atoms with van der Waals surface area (Å²) >= 11 is 0. The molecule has 0 amide bonds. The van der Waals surface area contributed by atoms with E-state index < -0.39 is 11.7 Å². The van der Waals surface area contributed by atoms with Crippen LogP contribution in [0.4, 0.5) is 0 Å². The highest BCUT2D eigenvalue weighted by Crippen LogP contribution is 2.64. The van der Waals surface area contributed by atoms with Gasteiger partial charge in [0.1, 0.15) is 11.5 Å². The molecule has 2 saturated carbocycles. The SMILES string of the molecule is COc1ccc(OC)c(CC2(C)C(C)CCC3(C)C2CCC(O)C3(C)O)c1. The van der Waals surface area contributed by atoms with Crippen molar-refractivity contribution in [2.75, 3.05) is 14.2 Å². The van der Waals surface area contributed by atoms with Gasteiger partial charge in [-0.05, 0) is 80.0 Å². The molecule has 0 aliphatic heterocycles. The average molecular weight is 377 g/mol. The van der Waals surface area contributed by atoms with E-state index in [2.05, 4.69) is 26.8 Å². The minimum Gasteiger partial charge on any atom is -0.497 e. The van der Waals surface area contributed by atoms with Gasteiger partial charge in [0.2, 0.25) is 0 Å². The van der Waals surface area contributed by atoms with Crippen molar-refractivity contribution in [3.63, 3.8) is 0 Å². The second-order valence-corrected chi connectivity index (χ2v) is 9.51. The second-order valence-electron chi connectivity index (χ2n) is 9.51. The normalized spacial score (nSPS) is 41.7. The summed E-state index contributed by atoms with van der Waals surface area (Å²) in [7, 11) is 3.40. The predicted octanol–water partition coefficient (Wildman–Crippen LogP) is 4.21. The Hall–Kier alpha value is -1.26. The van der Waals surface area contributed by atoms with Gasteiger partial charge < -0.3 is 19.7 Å². The van der Waals surface area contributed by atoms with E-state index in [1.807, 2.05) is 19.1 Å². The van der Waals surface area contributed by atoms with Gasteiger partial charge in [0.25, 0.3) is 0 Å². The van der Waals surface area contributed by atoms with Gasteiger partial charge in [-0.25, -0.2) is 0 Å². The first-order valence-corrected chi connectivity index (χ1v) is 10.2. The molecule has 4 nitrogen and oxygen atoms in total. The molecule has 27 heavy (non-hydrogen) atoms. The Balaban J connectivity index is 2.03. The van der Waals surface area contributed by atoms with Gasteiger partial charge in [0.15, 0.2) is 0 Å². The molecule has 3 rings (SSSR count). The van der Waals surface area contributed by atoms with E-state index in [1.54, 1.807) is 14.2 Å². The third kappa shape index (κ3) is 3.05. The average Bonchev–Trinajstić information content (AvgIpc) is 2.63. The molecule has 0 heterocycles. The maximum atomic E-state index is 11.3. The predicted molar refractivity (Wildman–Crippen MR) is 107 cm³/mol. The summed E-state index contributed by atoms with van der Waals surface area (Å²) in [6, 6.07) is 5.99. The molecule has 6 unspecified atom stereocenters. The van der Waals surface area contributed by atoms with Crippen LogP contribution in [0.1, 0.15) is 58.9 Å². The van der Waals surface area contributed by atoms with Crippen LogP contribution >= 0.6 is 0 Å². The van der Waals surface area contributed by atoms with Crippen molar-refractivity contribution in [3.05, 3.63) is 23.8 Å². The first-order chi connectivity index (χ1) is 12.6. The molecular formula is C23H36O4. The first kappa shape index (κ1) is 20.5. The largest absolute Gasteiger partial charge is 0.497 e. The zero-order valence-electron chi connectivity index (χ0n) is 17.7. The van der Waals surface area contributed by atoms with Crippen molar-refractivity contribution < 1.29 is 19.7 Å². The lowest BCUT2D eigenvalue weighted by Gasteiger charge is -2.64. The fraction of sp³-hybridized carbons (Fsp3) is 0.739. The molecule has 0 saturated heterocycles. The smallest absolute Gasteiger partial charge is 0.122 e. The van der Waals surface area contributed by atoms with E-state index in [0.29, 0.717) is 18.3 Å². The molecule has 0 radical (unpaired) electrons. The number of rotatable bonds is 4. The number of methoxy groups -OCH3 is 2. The van der Waals surface area contributed by atoms with Gasteiger partial charge in [0, 0.05) is 5.41 Å². The van der Waals surface area contributed by atoms with E-state index >= 15 is 0 Å². The van der Waals surface area contributed by atoms with Crippen LogP contribution < -0.4 is 9.47 Å². The lowest BCUT2D eigenvalue weighted by molar-refractivity contribution is -0.234. The van der Waals surface area contributed by atoms with E-state index in [4.69, 9.17) is 9.47 Å². The van der Waals surface area contributed by atoms with Crippen LogP contribution in [0, 0.1) is 22.7 Å². The van der Waals surface area contributed by atoms with E-state index in [-0.39, 0.29) is 10.8 Å². The monoisotopic (exact) mass is 376 g/mol. The third-order valence-corrected chi connectivity index (χ3v) is 8.38. The van der Waals surface area contributed by atoms with Gasteiger partial charge in [-0.1, -0.05) is 20.8 Å². The highest BCUT2D eigenvalue weighted by molar-refractivity contribution is 5.41. The van der Waals surface area contributed by atoms with Crippen LogP contribution in [0.3, 0.4) is 0 Å². The van der Waals surface area contributed by atoms with Crippen molar-refractivity contribution in [1.29, 1.82) is 0 Å². The van der Waals surface area contributed by atoms with Crippen molar-refractivity contribution in [3.8, 4) is 11.5 Å². The highest BCUT2D eigenvalue weighted by atomic mass is 16.5.